The first-order valence-corrected chi connectivity index (χ1v) is 4.54. The summed E-state index contributed by atoms with van der Waals surface area (Å²) in [5.41, 5.74) is 1.36. The highest BCUT2D eigenvalue weighted by molar-refractivity contribution is 9.12. The summed E-state index contributed by atoms with van der Waals surface area (Å²) in [5.74, 6) is 0. The molecular weight excluding hydrogens is 208 g/mol. The quantitative estimate of drug-likeness (QED) is 0.530. The molecule has 0 fully saturated rings. The fourth-order valence-electron chi connectivity index (χ4n) is 0.423. The van der Waals surface area contributed by atoms with Crippen LogP contribution in [0.1, 0.15) is 27.2 Å². The number of rotatable bonds is 2. The maximum Gasteiger partial charge on any atom is 0.0264 e. The van der Waals surface area contributed by atoms with Gasteiger partial charge >= 0.3 is 0 Å². The topological polar surface area (TPSA) is 0 Å². The van der Waals surface area contributed by atoms with Crippen LogP contribution in [-0.4, -0.2) is 0 Å². The maximum atomic E-state index is 4.19. The maximum absolute atomic E-state index is 4.19. The van der Waals surface area contributed by atoms with Crippen molar-refractivity contribution in [3.05, 3.63) is 21.0 Å². The van der Waals surface area contributed by atoms with Crippen molar-refractivity contribution in [2.75, 3.05) is 0 Å². The summed E-state index contributed by atoms with van der Waals surface area (Å²) in [5, 5.41) is 0. The van der Waals surface area contributed by atoms with Crippen molar-refractivity contribution in [3.8, 4) is 0 Å². The lowest BCUT2D eigenvalue weighted by Gasteiger charge is -1.95. The minimum Gasteiger partial charge on any atom is -0.147 e. The molecule has 0 aliphatic carbocycles. The SMILES string of the molecule is CC/C(C)=C\C(Br)=C(/C)S. The first-order chi connectivity index (χ1) is 4.57. The van der Waals surface area contributed by atoms with E-state index in [-0.39, 0.29) is 0 Å². The van der Waals surface area contributed by atoms with Gasteiger partial charge in [-0.15, -0.1) is 12.6 Å². The van der Waals surface area contributed by atoms with Crippen LogP contribution in [-0.2, 0) is 0 Å². The largest absolute Gasteiger partial charge is 0.147 e. The Morgan fingerprint density at radius 2 is 2.00 bits per heavy atom. The van der Waals surface area contributed by atoms with Crippen LogP contribution in [0.25, 0.3) is 0 Å². The third kappa shape index (κ3) is 4.18. The highest BCUT2D eigenvalue weighted by Crippen LogP contribution is 2.18. The third-order valence-corrected chi connectivity index (χ3v) is 2.65. The van der Waals surface area contributed by atoms with Crippen molar-refractivity contribution in [1.29, 1.82) is 0 Å². The van der Waals surface area contributed by atoms with Crippen LogP contribution >= 0.6 is 28.6 Å². The van der Waals surface area contributed by atoms with E-state index in [4.69, 9.17) is 0 Å². The molecule has 58 valence electrons. The van der Waals surface area contributed by atoms with Gasteiger partial charge in [-0.25, -0.2) is 0 Å². The van der Waals surface area contributed by atoms with Crippen molar-refractivity contribution >= 4 is 28.6 Å². The van der Waals surface area contributed by atoms with Crippen molar-refractivity contribution in [2.24, 2.45) is 0 Å². The van der Waals surface area contributed by atoms with Crippen LogP contribution in [0.3, 0.4) is 0 Å². The van der Waals surface area contributed by atoms with E-state index in [0.29, 0.717) is 0 Å². The Kier molecular flexibility index (Phi) is 5.18. The molecule has 0 N–H and O–H groups in total. The molecule has 0 spiro atoms. The second kappa shape index (κ2) is 5.03. The van der Waals surface area contributed by atoms with Gasteiger partial charge in [0.1, 0.15) is 0 Å². The normalized spacial score (nSPS) is 15.1. The number of hydrogen-bond donors (Lipinski definition) is 1. The number of halogens is 1. The van der Waals surface area contributed by atoms with Crippen LogP contribution in [0.2, 0.25) is 0 Å². The summed E-state index contributed by atoms with van der Waals surface area (Å²) in [4.78, 5) is 1.02. The molecule has 10 heavy (non-hydrogen) atoms. The molecular formula is C8H13BrS. The summed E-state index contributed by atoms with van der Waals surface area (Å²) < 4.78 is 1.08. The van der Waals surface area contributed by atoms with E-state index in [9.17, 15) is 0 Å². The van der Waals surface area contributed by atoms with E-state index in [2.05, 4.69) is 48.5 Å². The van der Waals surface area contributed by atoms with Crippen molar-refractivity contribution in [2.45, 2.75) is 27.2 Å². The predicted molar refractivity (Wildman–Crippen MR) is 54.7 cm³/mol. The standard InChI is InChI=1S/C8H13BrS/c1-4-6(2)5-8(9)7(3)10/h5,10H,4H2,1-3H3/b6-5-,8-7-. The highest BCUT2D eigenvalue weighted by atomic mass is 79.9. The van der Waals surface area contributed by atoms with Crippen LogP contribution in [0.5, 0.6) is 0 Å². The molecule has 0 aliphatic rings. The fourth-order valence-corrected chi connectivity index (χ4v) is 0.878. The summed E-state index contributed by atoms with van der Waals surface area (Å²) in [6, 6.07) is 0. The molecule has 0 saturated carbocycles. The van der Waals surface area contributed by atoms with E-state index in [1.54, 1.807) is 0 Å². The second-order valence-electron chi connectivity index (χ2n) is 2.28. The molecule has 2 heteroatoms. The molecule has 0 heterocycles. The molecule has 0 bridgehead atoms. The summed E-state index contributed by atoms with van der Waals surface area (Å²) in [6.45, 7) is 6.21. The summed E-state index contributed by atoms with van der Waals surface area (Å²) in [6.07, 6.45) is 3.19. The highest BCUT2D eigenvalue weighted by Gasteiger charge is 1.90. The minimum absolute atomic E-state index is 1.02. The first-order valence-electron chi connectivity index (χ1n) is 3.30. The van der Waals surface area contributed by atoms with Gasteiger partial charge in [-0.1, -0.05) is 12.5 Å². The zero-order chi connectivity index (χ0) is 8.15. The van der Waals surface area contributed by atoms with Crippen LogP contribution in [0.15, 0.2) is 21.0 Å². The van der Waals surface area contributed by atoms with Gasteiger partial charge in [-0.05, 0) is 47.2 Å². The molecule has 0 aromatic heterocycles. The Bertz CT molecular complexity index is 164. The van der Waals surface area contributed by atoms with E-state index in [1.165, 1.54) is 5.57 Å². The van der Waals surface area contributed by atoms with Crippen LogP contribution in [0.4, 0.5) is 0 Å². The molecule has 0 nitrogen and oxygen atoms in total. The lowest BCUT2D eigenvalue weighted by molar-refractivity contribution is 1.10. The lowest BCUT2D eigenvalue weighted by atomic mass is 10.2. The Hall–Kier alpha value is 0.310. The zero-order valence-electron chi connectivity index (χ0n) is 6.61. The zero-order valence-corrected chi connectivity index (χ0v) is 9.09. The van der Waals surface area contributed by atoms with Gasteiger partial charge in [0, 0.05) is 4.48 Å². The van der Waals surface area contributed by atoms with Crippen molar-refractivity contribution < 1.29 is 0 Å². The van der Waals surface area contributed by atoms with Gasteiger partial charge in [0.2, 0.25) is 0 Å². The Morgan fingerprint density at radius 1 is 1.50 bits per heavy atom. The molecule has 0 rings (SSSR count). The average Bonchev–Trinajstić information content (AvgIpc) is 1.87. The van der Waals surface area contributed by atoms with E-state index in [0.717, 1.165) is 15.8 Å². The molecule has 0 aromatic rings. The molecule has 0 aromatic carbocycles. The molecule has 0 amide bonds. The van der Waals surface area contributed by atoms with Gasteiger partial charge in [0.15, 0.2) is 0 Å². The van der Waals surface area contributed by atoms with Gasteiger partial charge < -0.3 is 0 Å². The van der Waals surface area contributed by atoms with E-state index < -0.39 is 0 Å². The van der Waals surface area contributed by atoms with Crippen molar-refractivity contribution in [3.63, 3.8) is 0 Å². The fraction of sp³-hybridized carbons (Fsp3) is 0.500. The Labute approximate surface area is 76.9 Å². The van der Waals surface area contributed by atoms with Crippen molar-refractivity contribution in [1.82, 2.24) is 0 Å². The van der Waals surface area contributed by atoms with Gasteiger partial charge in [-0.2, -0.15) is 0 Å². The average molecular weight is 221 g/mol. The van der Waals surface area contributed by atoms with Crippen LogP contribution in [0, 0.1) is 0 Å². The summed E-state index contributed by atoms with van der Waals surface area (Å²) in [7, 11) is 0. The molecule has 0 saturated heterocycles. The number of allylic oxidation sites excluding steroid dienone is 4. The predicted octanol–water partition coefficient (Wildman–Crippen LogP) is 3.90. The van der Waals surface area contributed by atoms with Gasteiger partial charge in [-0.3, -0.25) is 0 Å². The Morgan fingerprint density at radius 3 is 2.30 bits per heavy atom. The molecule has 0 aliphatic heterocycles. The number of thiol groups is 1. The Balaban J connectivity index is 4.27. The van der Waals surface area contributed by atoms with E-state index >= 15 is 0 Å². The monoisotopic (exact) mass is 220 g/mol. The molecule has 0 atom stereocenters. The molecule has 0 radical (unpaired) electrons. The third-order valence-electron chi connectivity index (χ3n) is 1.28. The minimum atomic E-state index is 1.02. The second-order valence-corrected chi connectivity index (χ2v) is 3.80. The lowest BCUT2D eigenvalue weighted by Crippen LogP contribution is -1.73. The molecule has 0 unspecified atom stereocenters. The summed E-state index contributed by atoms with van der Waals surface area (Å²) >= 11 is 7.61. The smallest absolute Gasteiger partial charge is 0.0264 e. The van der Waals surface area contributed by atoms with Crippen LogP contribution < -0.4 is 0 Å². The van der Waals surface area contributed by atoms with E-state index in [1.807, 2.05) is 6.92 Å². The first kappa shape index (κ1) is 10.3. The van der Waals surface area contributed by atoms with Gasteiger partial charge in [0.25, 0.3) is 0 Å². The number of hydrogen-bond acceptors (Lipinski definition) is 1. The van der Waals surface area contributed by atoms with Gasteiger partial charge in [0.05, 0.1) is 0 Å².